The van der Waals surface area contributed by atoms with E-state index in [1.807, 2.05) is 6.07 Å². The second kappa shape index (κ2) is 8.71. The van der Waals surface area contributed by atoms with E-state index in [0.29, 0.717) is 18.7 Å². The number of amides is 2. The maximum atomic E-state index is 13.0. The van der Waals surface area contributed by atoms with Crippen molar-refractivity contribution in [1.29, 1.82) is 0 Å². The highest BCUT2D eigenvalue weighted by atomic mass is 35.5. The van der Waals surface area contributed by atoms with E-state index in [-0.39, 0.29) is 23.0 Å². The number of carbonyl (C=O) groups excluding carboxylic acids is 1. The van der Waals surface area contributed by atoms with Gasteiger partial charge in [0.05, 0.1) is 10.6 Å². The standard InChI is InChI=1S/C23H25ClF3N3O/c24-20-7-6-18(12-19(20)23(25,26)27)13-28-21(31)30-15-22(16-30)8-10-29(11-9-22)14-17-4-2-1-3-5-17/h1-7,12H,8-11,13-16H2,(H,28,31). The fraction of sp³-hybridized carbons (Fsp3) is 0.435. The molecule has 0 aromatic heterocycles. The Morgan fingerprint density at radius 3 is 2.35 bits per heavy atom. The molecule has 2 aliphatic rings. The first kappa shape index (κ1) is 22.0. The number of piperidine rings is 1. The number of rotatable bonds is 4. The Morgan fingerprint density at radius 1 is 1.03 bits per heavy atom. The molecule has 2 saturated heterocycles. The number of halogens is 4. The average molecular weight is 452 g/mol. The zero-order valence-corrected chi connectivity index (χ0v) is 17.8. The molecule has 2 aromatic rings. The van der Waals surface area contributed by atoms with E-state index in [4.69, 9.17) is 11.6 Å². The van der Waals surface area contributed by atoms with E-state index in [1.54, 1.807) is 4.90 Å². The monoisotopic (exact) mass is 451 g/mol. The number of alkyl halides is 3. The molecule has 166 valence electrons. The molecule has 1 N–H and O–H groups in total. The van der Waals surface area contributed by atoms with Crippen molar-refractivity contribution >= 4 is 17.6 Å². The van der Waals surface area contributed by atoms with Crippen molar-refractivity contribution in [3.63, 3.8) is 0 Å². The van der Waals surface area contributed by atoms with Gasteiger partial charge in [-0.3, -0.25) is 4.90 Å². The number of urea groups is 1. The Kier molecular flexibility index (Phi) is 6.17. The first-order valence-corrected chi connectivity index (χ1v) is 10.8. The van der Waals surface area contributed by atoms with Crippen molar-refractivity contribution in [2.75, 3.05) is 26.2 Å². The topological polar surface area (TPSA) is 35.6 Å². The van der Waals surface area contributed by atoms with Crippen LogP contribution in [0, 0.1) is 5.41 Å². The third-order valence-electron chi connectivity index (χ3n) is 6.29. The van der Waals surface area contributed by atoms with Gasteiger partial charge in [-0.2, -0.15) is 13.2 Å². The minimum atomic E-state index is -4.52. The van der Waals surface area contributed by atoms with Crippen LogP contribution in [-0.4, -0.2) is 42.0 Å². The Morgan fingerprint density at radius 2 is 1.71 bits per heavy atom. The third kappa shape index (κ3) is 5.15. The van der Waals surface area contributed by atoms with Gasteiger partial charge in [-0.25, -0.2) is 4.79 Å². The van der Waals surface area contributed by atoms with Gasteiger partial charge in [0.25, 0.3) is 0 Å². The molecule has 0 unspecified atom stereocenters. The Hall–Kier alpha value is -2.25. The third-order valence-corrected chi connectivity index (χ3v) is 6.61. The molecule has 0 radical (unpaired) electrons. The summed E-state index contributed by atoms with van der Waals surface area (Å²) in [5.74, 6) is 0. The summed E-state index contributed by atoms with van der Waals surface area (Å²) in [4.78, 5) is 16.6. The quantitative estimate of drug-likeness (QED) is 0.696. The maximum absolute atomic E-state index is 13.0. The molecular formula is C23H25ClF3N3O. The summed E-state index contributed by atoms with van der Waals surface area (Å²) in [6.07, 6.45) is -2.41. The molecule has 4 rings (SSSR count). The second-order valence-electron chi connectivity index (χ2n) is 8.59. The van der Waals surface area contributed by atoms with Crippen LogP contribution < -0.4 is 5.32 Å². The van der Waals surface area contributed by atoms with E-state index in [9.17, 15) is 18.0 Å². The SMILES string of the molecule is O=C(NCc1ccc(Cl)c(C(F)(F)F)c1)N1CC2(CCN(Cc3ccccc3)CC2)C1. The number of nitrogens with zero attached hydrogens (tertiary/aromatic N) is 2. The highest BCUT2D eigenvalue weighted by molar-refractivity contribution is 6.31. The molecule has 4 nitrogen and oxygen atoms in total. The molecule has 2 heterocycles. The van der Waals surface area contributed by atoms with Crippen molar-refractivity contribution in [1.82, 2.24) is 15.1 Å². The summed E-state index contributed by atoms with van der Waals surface area (Å²) in [5, 5.41) is 2.39. The summed E-state index contributed by atoms with van der Waals surface area (Å²) in [6, 6.07) is 13.9. The highest BCUT2D eigenvalue weighted by Crippen LogP contribution is 2.40. The Bertz CT molecular complexity index is 919. The van der Waals surface area contributed by atoms with Crippen LogP contribution in [-0.2, 0) is 19.3 Å². The summed E-state index contributed by atoms with van der Waals surface area (Å²) >= 11 is 5.64. The fourth-order valence-corrected chi connectivity index (χ4v) is 4.66. The van der Waals surface area contributed by atoms with Gasteiger partial charge in [0.1, 0.15) is 0 Å². The minimum Gasteiger partial charge on any atom is -0.334 e. The van der Waals surface area contributed by atoms with Crippen LogP contribution in [0.15, 0.2) is 48.5 Å². The molecule has 0 atom stereocenters. The second-order valence-corrected chi connectivity index (χ2v) is 9.00. The van der Waals surface area contributed by atoms with E-state index >= 15 is 0 Å². The number of benzene rings is 2. The summed E-state index contributed by atoms with van der Waals surface area (Å²) in [5.41, 5.74) is 0.971. The van der Waals surface area contributed by atoms with Crippen molar-refractivity contribution < 1.29 is 18.0 Å². The molecule has 0 bridgehead atoms. The van der Waals surface area contributed by atoms with Gasteiger partial charge < -0.3 is 10.2 Å². The first-order valence-electron chi connectivity index (χ1n) is 10.4. The van der Waals surface area contributed by atoms with Gasteiger partial charge in [-0.1, -0.05) is 48.0 Å². The number of nitrogens with one attached hydrogen (secondary N) is 1. The molecule has 31 heavy (non-hydrogen) atoms. The molecule has 0 saturated carbocycles. The van der Waals surface area contributed by atoms with Gasteiger partial charge in [0.15, 0.2) is 0 Å². The lowest BCUT2D eigenvalue weighted by molar-refractivity contribution is -0.137. The van der Waals surface area contributed by atoms with Crippen LogP contribution in [0.4, 0.5) is 18.0 Å². The summed E-state index contributed by atoms with van der Waals surface area (Å²) < 4.78 is 39.0. The predicted octanol–water partition coefficient (Wildman–Crippen LogP) is 5.17. The maximum Gasteiger partial charge on any atom is 0.417 e. The lowest BCUT2D eigenvalue weighted by Gasteiger charge is -2.53. The van der Waals surface area contributed by atoms with E-state index in [0.717, 1.165) is 38.5 Å². The number of hydrogen-bond donors (Lipinski definition) is 1. The molecule has 2 fully saturated rings. The molecular weight excluding hydrogens is 427 g/mol. The van der Waals surface area contributed by atoms with Gasteiger partial charge in [-0.05, 0) is 49.2 Å². The molecule has 1 spiro atoms. The molecule has 2 aliphatic heterocycles. The Balaban J connectivity index is 1.23. The van der Waals surface area contributed by atoms with Crippen LogP contribution in [0.5, 0.6) is 0 Å². The zero-order chi connectivity index (χ0) is 22.1. The largest absolute Gasteiger partial charge is 0.417 e. The van der Waals surface area contributed by atoms with Crippen LogP contribution >= 0.6 is 11.6 Å². The van der Waals surface area contributed by atoms with Gasteiger partial charge in [0, 0.05) is 31.6 Å². The Labute approximate surface area is 185 Å². The number of carbonyl (C=O) groups is 1. The molecule has 8 heteroatoms. The zero-order valence-electron chi connectivity index (χ0n) is 17.1. The average Bonchev–Trinajstić information content (AvgIpc) is 2.72. The molecule has 2 aromatic carbocycles. The fourth-order valence-electron chi connectivity index (χ4n) is 4.44. The van der Waals surface area contributed by atoms with Gasteiger partial charge in [-0.15, -0.1) is 0 Å². The van der Waals surface area contributed by atoms with Gasteiger partial charge >= 0.3 is 12.2 Å². The van der Waals surface area contributed by atoms with E-state index < -0.39 is 11.7 Å². The van der Waals surface area contributed by atoms with Crippen LogP contribution in [0.3, 0.4) is 0 Å². The van der Waals surface area contributed by atoms with E-state index in [1.165, 1.54) is 17.7 Å². The van der Waals surface area contributed by atoms with Crippen molar-refractivity contribution in [3.05, 3.63) is 70.2 Å². The smallest absolute Gasteiger partial charge is 0.334 e. The molecule has 2 amide bonds. The summed E-state index contributed by atoms with van der Waals surface area (Å²) in [6.45, 7) is 4.40. The molecule has 0 aliphatic carbocycles. The van der Waals surface area contributed by atoms with Crippen molar-refractivity contribution in [2.24, 2.45) is 5.41 Å². The van der Waals surface area contributed by atoms with Crippen molar-refractivity contribution in [2.45, 2.75) is 32.1 Å². The summed E-state index contributed by atoms with van der Waals surface area (Å²) in [7, 11) is 0. The highest BCUT2D eigenvalue weighted by Gasteiger charge is 2.46. The first-order chi connectivity index (χ1) is 14.7. The number of likely N-dealkylation sites (tertiary alicyclic amines) is 2. The van der Waals surface area contributed by atoms with Crippen LogP contribution in [0.1, 0.15) is 29.5 Å². The normalized spacial score (nSPS) is 18.6. The number of hydrogen-bond acceptors (Lipinski definition) is 2. The predicted molar refractivity (Wildman–Crippen MR) is 114 cm³/mol. The lowest BCUT2D eigenvalue weighted by Crippen LogP contribution is -2.63. The lowest BCUT2D eigenvalue weighted by atomic mass is 9.72. The minimum absolute atomic E-state index is 0.0352. The van der Waals surface area contributed by atoms with E-state index in [2.05, 4.69) is 34.5 Å². The van der Waals surface area contributed by atoms with Crippen LogP contribution in [0.25, 0.3) is 0 Å². The van der Waals surface area contributed by atoms with Crippen molar-refractivity contribution in [3.8, 4) is 0 Å². The van der Waals surface area contributed by atoms with Gasteiger partial charge in [0.2, 0.25) is 0 Å². The van der Waals surface area contributed by atoms with Crippen LogP contribution in [0.2, 0.25) is 5.02 Å².